The normalized spacial score (nSPS) is 12.8. The third kappa shape index (κ3) is 4.59. The summed E-state index contributed by atoms with van der Waals surface area (Å²) in [7, 11) is 0. The summed E-state index contributed by atoms with van der Waals surface area (Å²) in [6, 6.07) is 19.2. The number of hydrogen-bond donors (Lipinski definition) is 0. The van der Waals surface area contributed by atoms with Crippen LogP contribution in [0, 0.1) is 13.8 Å². The highest BCUT2D eigenvalue weighted by Crippen LogP contribution is 2.39. The fourth-order valence-electron chi connectivity index (χ4n) is 4.31. The van der Waals surface area contributed by atoms with E-state index in [9.17, 15) is 9.59 Å². The first kappa shape index (κ1) is 23.7. The summed E-state index contributed by atoms with van der Waals surface area (Å²) < 4.78 is 5.69. The van der Waals surface area contributed by atoms with Gasteiger partial charge in [-0.1, -0.05) is 18.2 Å². The van der Waals surface area contributed by atoms with Crippen LogP contribution in [0.4, 0.5) is 11.4 Å². The van der Waals surface area contributed by atoms with Crippen molar-refractivity contribution in [1.82, 2.24) is 9.97 Å². The highest BCUT2D eigenvalue weighted by molar-refractivity contribution is 7.15. The number of fused-ring (bicyclic) bond motifs is 1. The number of anilines is 2. The molecule has 1 aliphatic heterocycles. The second kappa shape index (κ2) is 9.91. The Morgan fingerprint density at radius 2 is 1.97 bits per heavy atom. The highest BCUT2D eigenvalue weighted by atomic mass is 32.1. The smallest absolute Gasteiger partial charge is 0.265 e. The third-order valence-corrected chi connectivity index (χ3v) is 7.07. The minimum absolute atomic E-state index is 0.0737. The van der Waals surface area contributed by atoms with Crippen LogP contribution in [-0.2, 0) is 9.59 Å². The Bertz CT molecular complexity index is 1430. The molecule has 4 aromatic rings. The number of ether oxygens (including phenoxy) is 1. The van der Waals surface area contributed by atoms with Gasteiger partial charge in [0.1, 0.15) is 17.3 Å². The van der Waals surface area contributed by atoms with Gasteiger partial charge in [-0.05, 0) is 68.8 Å². The number of carbonyl (C=O) groups excluding carboxylic acids is 2. The molecule has 0 aliphatic carbocycles. The Morgan fingerprint density at radius 1 is 1.11 bits per heavy atom. The van der Waals surface area contributed by atoms with E-state index >= 15 is 0 Å². The average Bonchev–Trinajstić information content (AvgIpc) is 3.28. The zero-order valence-electron chi connectivity index (χ0n) is 20.4. The number of rotatable bonds is 6. The molecule has 2 aromatic carbocycles. The van der Waals surface area contributed by atoms with Gasteiger partial charge >= 0.3 is 0 Å². The van der Waals surface area contributed by atoms with Crippen LogP contribution in [0.15, 0.2) is 66.9 Å². The van der Waals surface area contributed by atoms with Gasteiger partial charge in [-0.15, -0.1) is 11.3 Å². The van der Waals surface area contributed by atoms with Gasteiger partial charge < -0.3 is 9.64 Å². The molecule has 2 amide bonds. The van der Waals surface area contributed by atoms with Crippen LogP contribution in [0.25, 0.3) is 22.0 Å². The molecule has 0 spiro atoms. The van der Waals surface area contributed by atoms with E-state index in [-0.39, 0.29) is 25.0 Å². The van der Waals surface area contributed by atoms with E-state index in [0.29, 0.717) is 18.0 Å². The largest absolute Gasteiger partial charge is 0.482 e. The van der Waals surface area contributed by atoms with Gasteiger partial charge in [0.15, 0.2) is 6.61 Å². The number of aromatic nitrogens is 2. The standard InChI is InChI=1S/C28H26N4O3S/c1-4-31(21-9-7-8-18(2)14-21)25(33)16-32-23-15-20(11-12-24(23)35-17-26(32)34)27-19(3)36-28(30-27)22-10-5-6-13-29-22/h5-15H,4,16-17H2,1-3H3. The molecule has 0 radical (unpaired) electrons. The molecule has 0 fully saturated rings. The van der Waals surface area contributed by atoms with E-state index in [0.717, 1.165) is 38.1 Å². The van der Waals surface area contributed by atoms with E-state index in [1.54, 1.807) is 22.4 Å². The lowest BCUT2D eigenvalue weighted by Crippen LogP contribution is -2.46. The first-order valence-electron chi connectivity index (χ1n) is 11.8. The lowest BCUT2D eigenvalue weighted by Gasteiger charge is -2.31. The summed E-state index contributed by atoms with van der Waals surface area (Å²) >= 11 is 1.57. The molecule has 3 heterocycles. The topological polar surface area (TPSA) is 75.6 Å². The van der Waals surface area contributed by atoms with Crippen molar-refractivity contribution >= 4 is 34.5 Å². The molecule has 36 heavy (non-hydrogen) atoms. The molecule has 0 saturated carbocycles. The molecular formula is C28H26N4O3S. The number of carbonyl (C=O) groups is 2. The molecular weight excluding hydrogens is 472 g/mol. The number of hydrogen-bond acceptors (Lipinski definition) is 6. The highest BCUT2D eigenvalue weighted by Gasteiger charge is 2.30. The van der Waals surface area contributed by atoms with E-state index in [2.05, 4.69) is 4.98 Å². The Kier molecular flexibility index (Phi) is 6.52. The number of benzene rings is 2. The second-order valence-electron chi connectivity index (χ2n) is 8.57. The van der Waals surface area contributed by atoms with Gasteiger partial charge in [-0.25, -0.2) is 4.98 Å². The van der Waals surface area contributed by atoms with Crippen LogP contribution < -0.4 is 14.5 Å². The summed E-state index contributed by atoms with van der Waals surface area (Å²) in [5.41, 5.74) is 4.95. The Morgan fingerprint density at radius 3 is 2.72 bits per heavy atom. The van der Waals surface area contributed by atoms with Crippen LogP contribution in [-0.4, -0.2) is 41.5 Å². The maximum absolute atomic E-state index is 13.4. The molecule has 0 saturated heterocycles. The molecule has 0 N–H and O–H groups in total. The summed E-state index contributed by atoms with van der Waals surface area (Å²) in [6.45, 7) is 6.26. The van der Waals surface area contributed by atoms with Crippen molar-refractivity contribution in [2.45, 2.75) is 20.8 Å². The fourth-order valence-corrected chi connectivity index (χ4v) is 5.22. The van der Waals surface area contributed by atoms with Crippen molar-refractivity contribution in [3.05, 3.63) is 77.3 Å². The number of thiazole rings is 1. The zero-order valence-corrected chi connectivity index (χ0v) is 21.2. The molecule has 182 valence electrons. The van der Waals surface area contributed by atoms with Gasteiger partial charge in [0.05, 0.1) is 17.1 Å². The van der Waals surface area contributed by atoms with Gasteiger partial charge in [-0.3, -0.25) is 19.5 Å². The zero-order chi connectivity index (χ0) is 25.2. The number of aryl methyl sites for hydroxylation is 2. The molecule has 5 rings (SSSR count). The monoisotopic (exact) mass is 498 g/mol. The molecule has 8 heteroatoms. The number of likely N-dealkylation sites (N-methyl/N-ethyl adjacent to an activating group) is 1. The minimum Gasteiger partial charge on any atom is -0.482 e. The summed E-state index contributed by atoms with van der Waals surface area (Å²) in [4.78, 5) is 39.8. The molecule has 2 aromatic heterocycles. The Labute approximate surface area is 214 Å². The third-order valence-electron chi connectivity index (χ3n) is 6.08. The first-order chi connectivity index (χ1) is 17.4. The van der Waals surface area contributed by atoms with Gasteiger partial charge in [0, 0.05) is 28.9 Å². The van der Waals surface area contributed by atoms with Crippen molar-refractivity contribution in [3.8, 4) is 27.7 Å². The van der Waals surface area contributed by atoms with Crippen LogP contribution in [0.3, 0.4) is 0 Å². The summed E-state index contributed by atoms with van der Waals surface area (Å²) in [5.74, 6) is 0.164. The van der Waals surface area contributed by atoms with Crippen molar-refractivity contribution in [2.75, 3.05) is 29.5 Å². The van der Waals surface area contributed by atoms with Crippen molar-refractivity contribution in [2.24, 2.45) is 0 Å². The van der Waals surface area contributed by atoms with E-state index in [1.165, 1.54) is 4.90 Å². The van der Waals surface area contributed by atoms with Crippen molar-refractivity contribution < 1.29 is 14.3 Å². The van der Waals surface area contributed by atoms with Crippen molar-refractivity contribution in [1.29, 1.82) is 0 Å². The predicted octanol–water partition coefficient (Wildman–Crippen LogP) is 5.27. The quantitative estimate of drug-likeness (QED) is 0.362. The maximum Gasteiger partial charge on any atom is 0.265 e. The minimum atomic E-state index is -0.252. The van der Waals surface area contributed by atoms with Crippen molar-refractivity contribution in [3.63, 3.8) is 0 Å². The summed E-state index contributed by atoms with van der Waals surface area (Å²) in [6.07, 6.45) is 1.75. The van der Waals surface area contributed by atoms with Crippen LogP contribution in [0.1, 0.15) is 17.4 Å². The maximum atomic E-state index is 13.4. The molecule has 1 aliphatic rings. The SMILES string of the molecule is CCN(C(=O)CN1C(=O)COc2ccc(-c3nc(-c4ccccn4)sc3C)cc21)c1cccc(C)c1. The Hall–Kier alpha value is -4.04. The number of nitrogens with zero attached hydrogens (tertiary/aromatic N) is 4. The second-order valence-corrected chi connectivity index (χ2v) is 9.77. The average molecular weight is 499 g/mol. The Balaban J connectivity index is 1.46. The van der Waals surface area contributed by atoms with E-state index in [1.807, 2.05) is 81.4 Å². The van der Waals surface area contributed by atoms with E-state index in [4.69, 9.17) is 9.72 Å². The van der Waals surface area contributed by atoms with Crippen LogP contribution in [0.2, 0.25) is 0 Å². The lowest BCUT2D eigenvalue weighted by molar-refractivity contribution is -0.124. The van der Waals surface area contributed by atoms with Gasteiger partial charge in [0.25, 0.3) is 5.91 Å². The molecule has 0 atom stereocenters. The van der Waals surface area contributed by atoms with E-state index < -0.39 is 0 Å². The number of pyridine rings is 1. The lowest BCUT2D eigenvalue weighted by atomic mass is 10.1. The molecule has 7 nitrogen and oxygen atoms in total. The predicted molar refractivity (Wildman–Crippen MR) is 143 cm³/mol. The number of amides is 2. The van der Waals surface area contributed by atoms with Gasteiger partial charge in [-0.2, -0.15) is 0 Å². The van der Waals surface area contributed by atoms with Crippen LogP contribution in [0.5, 0.6) is 5.75 Å². The molecule has 0 bridgehead atoms. The first-order valence-corrected chi connectivity index (χ1v) is 12.6. The molecule has 0 unspecified atom stereocenters. The summed E-state index contributed by atoms with van der Waals surface area (Å²) in [5, 5.41) is 0.830. The fraction of sp³-hybridized carbons (Fsp3) is 0.214. The van der Waals surface area contributed by atoms with Gasteiger partial charge in [0.2, 0.25) is 5.91 Å². The van der Waals surface area contributed by atoms with Crippen LogP contribution >= 0.6 is 11.3 Å².